The van der Waals surface area contributed by atoms with Crippen molar-refractivity contribution in [3.63, 3.8) is 0 Å². The molecule has 0 amide bonds. The number of non-ortho nitro benzene ring substituents is 1. The van der Waals surface area contributed by atoms with Crippen molar-refractivity contribution in [2.45, 2.75) is 6.54 Å². The molecule has 0 aliphatic heterocycles. The first-order valence-corrected chi connectivity index (χ1v) is 7.90. The van der Waals surface area contributed by atoms with Crippen LogP contribution in [0.2, 0.25) is 0 Å². The van der Waals surface area contributed by atoms with Gasteiger partial charge in [0.2, 0.25) is 0 Å². The number of hydrogen-bond donors (Lipinski definition) is 1. The van der Waals surface area contributed by atoms with Crippen LogP contribution < -0.4 is 5.32 Å². The van der Waals surface area contributed by atoms with Gasteiger partial charge in [0.1, 0.15) is 12.1 Å². The molecular weight excluding hydrogens is 332 g/mol. The van der Waals surface area contributed by atoms with Crippen LogP contribution in [0.25, 0.3) is 16.6 Å². The summed E-state index contributed by atoms with van der Waals surface area (Å²) in [6.07, 6.45) is 10.1. The number of imidazole rings is 1. The molecule has 0 fully saturated rings. The number of benzene rings is 1. The molecule has 0 spiro atoms. The number of nitro groups is 1. The molecule has 0 aliphatic rings. The Bertz CT molecular complexity index is 1060. The normalized spacial score (nSPS) is 10.8. The molecule has 3 heterocycles. The molecule has 0 saturated heterocycles. The number of fused-ring (bicyclic) bond motifs is 1. The van der Waals surface area contributed by atoms with Crippen LogP contribution in [0.5, 0.6) is 0 Å². The van der Waals surface area contributed by atoms with E-state index in [1.807, 2.05) is 22.9 Å². The monoisotopic (exact) mass is 346 g/mol. The van der Waals surface area contributed by atoms with E-state index in [-0.39, 0.29) is 5.69 Å². The van der Waals surface area contributed by atoms with E-state index < -0.39 is 4.92 Å². The molecule has 0 aliphatic carbocycles. The first-order chi connectivity index (χ1) is 12.7. The molecule has 4 rings (SSSR count). The third-order valence-corrected chi connectivity index (χ3v) is 4.05. The van der Waals surface area contributed by atoms with Gasteiger partial charge in [-0.3, -0.25) is 19.7 Å². The molecule has 1 N–H and O–H groups in total. The summed E-state index contributed by atoms with van der Waals surface area (Å²) in [5.41, 5.74) is 1.85. The van der Waals surface area contributed by atoms with Crippen molar-refractivity contribution in [1.29, 1.82) is 0 Å². The standard InChI is InChI=1S/C18H14N6O2/c25-24(26)17-3-2-16(14-5-6-19-11-15(14)17)21-9-13-1-4-18(22-10-13)23-8-7-20-12-23/h1-8,10-12,21H,9H2. The number of nitrogens with one attached hydrogen (secondary N) is 1. The number of hydrogen-bond acceptors (Lipinski definition) is 6. The number of nitrogens with zero attached hydrogens (tertiary/aromatic N) is 5. The number of anilines is 1. The minimum atomic E-state index is -0.396. The van der Waals surface area contributed by atoms with E-state index in [1.165, 1.54) is 12.3 Å². The number of nitro benzene ring substituents is 1. The van der Waals surface area contributed by atoms with Gasteiger partial charge in [0.15, 0.2) is 0 Å². The fourth-order valence-corrected chi connectivity index (χ4v) is 2.75. The quantitative estimate of drug-likeness (QED) is 0.439. The number of aromatic nitrogens is 4. The number of rotatable bonds is 5. The van der Waals surface area contributed by atoms with Gasteiger partial charge in [-0.15, -0.1) is 0 Å². The maximum atomic E-state index is 11.2. The largest absolute Gasteiger partial charge is 0.380 e. The van der Waals surface area contributed by atoms with Gasteiger partial charge in [-0.2, -0.15) is 0 Å². The van der Waals surface area contributed by atoms with Gasteiger partial charge in [0.25, 0.3) is 5.69 Å². The lowest BCUT2D eigenvalue weighted by atomic mass is 10.1. The molecule has 128 valence electrons. The van der Waals surface area contributed by atoms with Crippen molar-refractivity contribution in [2.75, 3.05) is 5.32 Å². The summed E-state index contributed by atoms with van der Waals surface area (Å²) in [5, 5.41) is 15.8. The van der Waals surface area contributed by atoms with E-state index in [1.54, 1.807) is 37.1 Å². The predicted molar refractivity (Wildman–Crippen MR) is 97.1 cm³/mol. The molecule has 8 nitrogen and oxygen atoms in total. The summed E-state index contributed by atoms with van der Waals surface area (Å²) >= 11 is 0. The Morgan fingerprint density at radius 2 is 1.96 bits per heavy atom. The van der Waals surface area contributed by atoms with E-state index in [0.29, 0.717) is 11.9 Å². The maximum absolute atomic E-state index is 11.2. The Labute approximate surface area is 148 Å². The van der Waals surface area contributed by atoms with Gasteiger partial charge >= 0.3 is 0 Å². The van der Waals surface area contributed by atoms with Crippen LogP contribution in [0, 0.1) is 10.1 Å². The molecule has 0 saturated carbocycles. The predicted octanol–water partition coefficient (Wildman–Crippen LogP) is 3.34. The fourth-order valence-electron chi connectivity index (χ4n) is 2.75. The maximum Gasteiger partial charge on any atom is 0.278 e. The van der Waals surface area contributed by atoms with E-state index in [4.69, 9.17) is 0 Å². The van der Waals surface area contributed by atoms with Crippen molar-refractivity contribution < 1.29 is 4.92 Å². The van der Waals surface area contributed by atoms with Gasteiger partial charge in [0, 0.05) is 54.7 Å². The Morgan fingerprint density at radius 1 is 1.04 bits per heavy atom. The van der Waals surface area contributed by atoms with Crippen molar-refractivity contribution in [3.8, 4) is 5.82 Å². The van der Waals surface area contributed by atoms with Gasteiger partial charge in [0.05, 0.1) is 10.3 Å². The van der Waals surface area contributed by atoms with Gasteiger partial charge in [-0.05, 0) is 23.8 Å². The second kappa shape index (κ2) is 6.60. The van der Waals surface area contributed by atoms with Crippen LogP contribution in [-0.4, -0.2) is 24.4 Å². The van der Waals surface area contributed by atoms with Crippen LogP contribution >= 0.6 is 0 Å². The summed E-state index contributed by atoms with van der Waals surface area (Å²) in [6.45, 7) is 0.548. The summed E-state index contributed by atoms with van der Waals surface area (Å²) < 4.78 is 1.83. The van der Waals surface area contributed by atoms with Crippen LogP contribution in [-0.2, 0) is 6.54 Å². The molecule has 0 radical (unpaired) electrons. The average molecular weight is 346 g/mol. The summed E-state index contributed by atoms with van der Waals surface area (Å²) in [6, 6.07) is 8.87. The Kier molecular flexibility index (Phi) is 3.98. The van der Waals surface area contributed by atoms with E-state index in [9.17, 15) is 10.1 Å². The highest BCUT2D eigenvalue weighted by Gasteiger charge is 2.14. The molecule has 0 atom stereocenters. The molecule has 26 heavy (non-hydrogen) atoms. The zero-order valence-electron chi connectivity index (χ0n) is 13.6. The fraction of sp³-hybridized carbons (Fsp3) is 0.0556. The molecule has 8 heteroatoms. The second-order valence-electron chi connectivity index (χ2n) is 5.66. The molecule has 0 bridgehead atoms. The van der Waals surface area contributed by atoms with Gasteiger partial charge < -0.3 is 5.32 Å². The SMILES string of the molecule is O=[N+]([O-])c1ccc(NCc2ccc(-n3ccnc3)nc2)c2ccncc12. The highest BCUT2D eigenvalue weighted by atomic mass is 16.6. The van der Waals surface area contributed by atoms with Crippen LogP contribution in [0.1, 0.15) is 5.56 Å². The second-order valence-corrected chi connectivity index (χ2v) is 5.66. The lowest BCUT2D eigenvalue weighted by molar-refractivity contribution is -0.383. The Balaban J connectivity index is 1.57. The smallest absolute Gasteiger partial charge is 0.278 e. The minimum Gasteiger partial charge on any atom is -0.380 e. The third kappa shape index (κ3) is 2.95. The average Bonchev–Trinajstić information content (AvgIpc) is 3.21. The van der Waals surface area contributed by atoms with Crippen molar-refractivity contribution >= 4 is 22.1 Å². The van der Waals surface area contributed by atoms with Crippen molar-refractivity contribution in [1.82, 2.24) is 19.5 Å². The molecule has 1 aromatic carbocycles. The minimum absolute atomic E-state index is 0.0463. The Morgan fingerprint density at radius 3 is 2.69 bits per heavy atom. The summed E-state index contributed by atoms with van der Waals surface area (Å²) in [5.74, 6) is 0.790. The van der Waals surface area contributed by atoms with Gasteiger partial charge in [-0.25, -0.2) is 9.97 Å². The third-order valence-electron chi connectivity index (χ3n) is 4.05. The lowest BCUT2D eigenvalue weighted by Gasteiger charge is -2.10. The van der Waals surface area contributed by atoms with Crippen LogP contribution in [0.15, 0.2) is 67.6 Å². The van der Waals surface area contributed by atoms with Crippen molar-refractivity contribution in [3.05, 3.63) is 83.3 Å². The first-order valence-electron chi connectivity index (χ1n) is 7.90. The Hall–Kier alpha value is -3.81. The van der Waals surface area contributed by atoms with Gasteiger partial charge in [-0.1, -0.05) is 6.07 Å². The van der Waals surface area contributed by atoms with E-state index in [0.717, 1.165) is 22.5 Å². The molecule has 3 aromatic heterocycles. The van der Waals surface area contributed by atoms with E-state index >= 15 is 0 Å². The van der Waals surface area contributed by atoms with Crippen LogP contribution in [0.4, 0.5) is 11.4 Å². The highest BCUT2D eigenvalue weighted by Crippen LogP contribution is 2.30. The highest BCUT2D eigenvalue weighted by molar-refractivity contribution is 5.99. The topological polar surface area (TPSA) is 98.8 Å². The molecule has 0 unspecified atom stereocenters. The van der Waals surface area contributed by atoms with Crippen molar-refractivity contribution in [2.24, 2.45) is 0 Å². The lowest BCUT2D eigenvalue weighted by Crippen LogP contribution is -2.02. The summed E-state index contributed by atoms with van der Waals surface area (Å²) in [4.78, 5) is 23.2. The van der Waals surface area contributed by atoms with Crippen LogP contribution in [0.3, 0.4) is 0 Å². The zero-order chi connectivity index (χ0) is 17.9. The zero-order valence-corrected chi connectivity index (χ0v) is 13.6. The number of pyridine rings is 2. The molecular formula is C18H14N6O2. The molecule has 4 aromatic rings. The van der Waals surface area contributed by atoms with E-state index in [2.05, 4.69) is 20.3 Å². The first kappa shape index (κ1) is 15.7. The summed E-state index contributed by atoms with van der Waals surface area (Å²) in [7, 11) is 0.